The maximum atomic E-state index is 12.8. The second-order valence-corrected chi connectivity index (χ2v) is 18.7. The van der Waals surface area contributed by atoms with E-state index >= 15 is 0 Å². The molecular weight excluding hydrogens is 797 g/mol. The third-order valence-electron chi connectivity index (χ3n) is 12.7. The lowest BCUT2D eigenvalue weighted by molar-refractivity contribution is -0.305. The van der Waals surface area contributed by atoms with Gasteiger partial charge in [0.2, 0.25) is 0 Å². The molecule has 0 aromatic heterocycles. The quantitative estimate of drug-likeness (QED) is 0.0264. The first-order valence-electron chi connectivity index (χ1n) is 26.8. The summed E-state index contributed by atoms with van der Waals surface area (Å²) in [4.78, 5) is 25.4. The van der Waals surface area contributed by atoms with Crippen LogP contribution in [0.3, 0.4) is 0 Å². The van der Waals surface area contributed by atoms with E-state index < -0.39 is 49.4 Å². The highest BCUT2D eigenvalue weighted by Gasteiger charge is 2.44. The van der Waals surface area contributed by atoms with E-state index in [0.29, 0.717) is 12.8 Å². The van der Waals surface area contributed by atoms with Crippen LogP contribution in [0.25, 0.3) is 0 Å². The maximum absolute atomic E-state index is 12.8. The molecule has 1 fully saturated rings. The van der Waals surface area contributed by atoms with E-state index in [1.165, 1.54) is 173 Å². The van der Waals surface area contributed by atoms with Gasteiger partial charge in [-0.2, -0.15) is 0 Å². The Kier molecular flexibility index (Phi) is 41.8. The van der Waals surface area contributed by atoms with Crippen LogP contribution in [-0.4, -0.2) is 89.0 Å². The largest absolute Gasteiger partial charge is 0.462 e. The van der Waals surface area contributed by atoms with Crippen LogP contribution in [0.5, 0.6) is 0 Å². The van der Waals surface area contributed by atoms with E-state index in [1.54, 1.807) is 0 Å². The Labute approximate surface area is 386 Å². The third kappa shape index (κ3) is 35.3. The standard InChI is InChI=1S/C53H100O10/c1-3-5-7-9-11-13-15-17-19-20-21-22-23-24-25-26-28-30-32-34-36-38-40-42-49(56)62-46(45-61-53-52(59)51(58)50(57)47(43-54)63-53)44-60-48(55)41-39-37-35-33-31-29-27-18-16-14-12-10-8-6-4-2/h29,31,46-47,50-54,57-59H,3-28,30,32-45H2,1-2H3/b31-29+/t46-,47-,50+,51?,52?,53-/m1/s1. The second kappa shape index (κ2) is 44.3. The van der Waals surface area contributed by atoms with Crippen LogP contribution in [0.15, 0.2) is 12.2 Å². The fraction of sp³-hybridized carbons (Fsp3) is 0.925. The predicted molar refractivity (Wildman–Crippen MR) is 256 cm³/mol. The molecule has 1 heterocycles. The number of rotatable bonds is 46. The number of carbonyl (C=O) groups excluding carboxylic acids is 2. The summed E-state index contributed by atoms with van der Waals surface area (Å²) < 4.78 is 22.2. The first-order valence-corrected chi connectivity index (χ1v) is 26.8. The molecular formula is C53H100O10. The molecule has 0 spiro atoms. The SMILES string of the molecule is CCCCCCCCCC/C=C/CCCCCC(=O)OC[C@H](CO[C@@H]1O[C@H](CO)[C@H](O)C(O)C1O)OC(=O)CCCCCCCCCCCCCCCCCCCCCCCCC. The highest BCUT2D eigenvalue weighted by Crippen LogP contribution is 2.23. The van der Waals surface area contributed by atoms with Gasteiger partial charge in [0.05, 0.1) is 13.2 Å². The van der Waals surface area contributed by atoms with Gasteiger partial charge in [0, 0.05) is 12.8 Å². The number of unbranched alkanes of at least 4 members (excludes halogenated alkanes) is 33. The molecule has 0 aromatic rings. The first kappa shape index (κ1) is 59.5. The van der Waals surface area contributed by atoms with Gasteiger partial charge in [-0.1, -0.05) is 219 Å². The molecule has 2 unspecified atom stereocenters. The van der Waals surface area contributed by atoms with Crippen molar-refractivity contribution in [2.75, 3.05) is 19.8 Å². The zero-order valence-corrected chi connectivity index (χ0v) is 40.8. The Bertz CT molecular complexity index is 1040. The molecule has 0 bridgehead atoms. The van der Waals surface area contributed by atoms with Crippen LogP contribution in [0.4, 0.5) is 0 Å². The van der Waals surface area contributed by atoms with Crippen molar-refractivity contribution >= 4 is 11.9 Å². The van der Waals surface area contributed by atoms with Crippen LogP contribution in [0, 0.1) is 0 Å². The summed E-state index contributed by atoms with van der Waals surface area (Å²) >= 11 is 0. The topological polar surface area (TPSA) is 152 Å². The van der Waals surface area contributed by atoms with Crippen LogP contribution in [0.1, 0.15) is 258 Å². The zero-order valence-electron chi connectivity index (χ0n) is 40.8. The third-order valence-corrected chi connectivity index (χ3v) is 12.7. The van der Waals surface area contributed by atoms with E-state index in [2.05, 4.69) is 26.0 Å². The highest BCUT2D eigenvalue weighted by molar-refractivity contribution is 5.70. The number of allylic oxidation sites excluding steroid dienone is 2. The fourth-order valence-corrected chi connectivity index (χ4v) is 8.42. The molecule has 10 heteroatoms. The van der Waals surface area contributed by atoms with E-state index in [0.717, 1.165) is 44.9 Å². The first-order chi connectivity index (χ1) is 30.8. The Morgan fingerprint density at radius 2 is 0.841 bits per heavy atom. The Balaban J connectivity index is 2.22. The molecule has 6 atom stereocenters. The van der Waals surface area contributed by atoms with Gasteiger partial charge in [-0.3, -0.25) is 9.59 Å². The van der Waals surface area contributed by atoms with Crippen LogP contribution in [0.2, 0.25) is 0 Å². The lowest BCUT2D eigenvalue weighted by atomic mass is 9.99. The summed E-state index contributed by atoms with van der Waals surface area (Å²) in [6, 6.07) is 0. The van der Waals surface area contributed by atoms with E-state index in [9.17, 15) is 30.0 Å². The normalized spacial score (nSPS) is 19.5. The molecule has 1 aliphatic heterocycles. The van der Waals surface area contributed by atoms with Gasteiger partial charge in [-0.15, -0.1) is 0 Å². The highest BCUT2D eigenvalue weighted by atomic mass is 16.7. The number of hydrogen-bond acceptors (Lipinski definition) is 10. The summed E-state index contributed by atoms with van der Waals surface area (Å²) in [5.41, 5.74) is 0. The summed E-state index contributed by atoms with van der Waals surface area (Å²) in [7, 11) is 0. The van der Waals surface area contributed by atoms with E-state index in [1.807, 2.05) is 0 Å². The minimum absolute atomic E-state index is 0.219. The predicted octanol–water partition coefficient (Wildman–Crippen LogP) is 12.7. The molecule has 0 saturated carbocycles. The summed E-state index contributed by atoms with van der Waals surface area (Å²) in [5, 5.41) is 40.2. The monoisotopic (exact) mass is 897 g/mol. The zero-order chi connectivity index (χ0) is 45.9. The number of esters is 2. The molecule has 0 aromatic carbocycles. The summed E-state index contributed by atoms with van der Waals surface area (Å²) in [6.45, 7) is 3.46. The van der Waals surface area contributed by atoms with Gasteiger partial charge in [0.1, 0.15) is 31.0 Å². The van der Waals surface area contributed by atoms with E-state index in [4.69, 9.17) is 18.9 Å². The van der Waals surface area contributed by atoms with Crippen molar-refractivity contribution in [3.05, 3.63) is 12.2 Å². The van der Waals surface area contributed by atoms with Gasteiger partial charge >= 0.3 is 11.9 Å². The average molecular weight is 897 g/mol. The van der Waals surface area contributed by atoms with Crippen molar-refractivity contribution in [3.8, 4) is 0 Å². The van der Waals surface area contributed by atoms with Crippen LogP contribution >= 0.6 is 0 Å². The van der Waals surface area contributed by atoms with Crippen molar-refractivity contribution in [3.63, 3.8) is 0 Å². The van der Waals surface area contributed by atoms with Gasteiger partial charge < -0.3 is 39.4 Å². The number of ether oxygens (including phenoxy) is 4. The average Bonchev–Trinajstić information content (AvgIpc) is 3.28. The lowest BCUT2D eigenvalue weighted by Gasteiger charge is -2.39. The second-order valence-electron chi connectivity index (χ2n) is 18.7. The van der Waals surface area contributed by atoms with Gasteiger partial charge in [-0.25, -0.2) is 0 Å². The van der Waals surface area contributed by atoms with Crippen molar-refractivity contribution < 1.29 is 49.0 Å². The Morgan fingerprint density at radius 1 is 0.476 bits per heavy atom. The Hall–Kier alpha value is -1.56. The maximum Gasteiger partial charge on any atom is 0.306 e. The molecule has 1 saturated heterocycles. The molecule has 372 valence electrons. The van der Waals surface area contributed by atoms with Crippen LogP contribution < -0.4 is 0 Å². The minimum atomic E-state index is -1.59. The Morgan fingerprint density at radius 3 is 1.25 bits per heavy atom. The summed E-state index contributed by atoms with van der Waals surface area (Å²) in [6.07, 6.45) is 42.3. The number of aliphatic hydroxyl groups excluding tert-OH is 4. The minimum Gasteiger partial charge on any atom is -0.462 e. The van der Waals surface area contributed by atoms with Gasteiger partial charge in [0.25, 0.3) is 0 Å². The molecule has 4 N–H and O–H groups in total. The number of carbonyl (C=O) groups is 2. The molecule has 10 nitrogen and oxygen atoms in total. The number of hydrogen-bond donors (Lipinski definition) is 4. The van der Waals surface area contributed by atoms with Crippen molar-refractivity contribution in [1.29, 1.82) is 0 Å². The molecule has 1 rings (SSSR count). The molecule has 1 aliphatic rings. The molecule has 0 radical (unpaired) electrons. The number of aliphatic hydroxyl groups is 4. The van der Waals surface area contributed by atoms with Gasteiger partial charge in [-0.05, 0) is 38.5 Å². The van der Waals surface area contributed by atoms with E-state index in [-0.39, 0.29) is 32.0 Å². The fourth-order valence-electron chi connectivity index (χ4n) is 8.42. The molecule has 0 aliphatic carbocycles. The van der Waals surface area contributed by atoms with Crippen molar-refractivity contribution in [2.24, 2.45) is 0 Å². The van der Waals surface area contributed by atoms with Crippen LogP contribution in [-0.2, 0) is 28.5 Å². The smallest absolute Gasteiger partial charge is 0.306 e. The van der Waals surface area contributed by atoms with Crippen molar-refractivity contribution in [2.45, 2.75) is 295 Å². The summed E-state index contributed by atoms with van der Waals surface area (Å²) in [5.74, 6) is -0.809. The van der Waals surface area contributed by atoms with Crippen molar-refractivity contribution in [1.82, 2.24) is 0 Å². The lowest BCUT2D eigenvalue weighted by Crippen LogP contribution is -2.59. The molecule has 0 amide bonds. The molecule has 63 heavy (non-hydrogen) atoms. The van der Waals surface area contributed by atoms with Gasteiger partial charge in [0.15, 0.2) is 12.4 Å².